The van der Waals surface area contributed by atoms with Gasteiger partial charge < -0.3 is 10.6 Å². The second-order valence-corrected chi connectivity index (χ2v) is 9.25. The summed E-state index contributed by atoms with van der Waals surface area (Å²) in [5.74, 6) is 0.682. The summed E-state index contributed by atoms with van der Waals surface area (Å²) in [6, 6.07) is 7.06. The Morgan fingerprint density at radius 1 is 1.10 bits per heavy atom. The SMILES string of the molecule is CN=C(NCc1ccc(S(=O)(=O)N2CCCC2)cc1)NCc1c(C)nn(C)c1C. The van der Waals surface area contributed by atoms with Gasteiger partial charge in [-0.15, -0.1) is 0 Å². The predicted octanol–water partition coefficient (Wildman–Crippen LogP) is 1.69. The Morgan fingerprint density at radius 2 is 1.72 bits per heavy atom. The van der Waals surface area contributed by atoms with Gasteiger partial charge in [-0.2, -0.15) is 9.40 Å². The van der Waals surface area contributed by atoms with Crippen molar-refractivity contribution < 1.29 is 8.42 Å². The van der Waals surface area contributed by atoms with Crippen LogP contribution in [-0.2, 0) is 30.2 Å². The number of aromatic nitrogens is 2. The first-order valence-corrected chi connectivity index (χ1v) is 11.3. The van der Waals surface area contributed by atoms with E-state index in [-0.39, 0.29) is 0 Å². The zero-order chi connectivity index (χ0) is 21.0. The maximum absolute atomic E-state index is 12.6. The number of nitrogens with zero attached hydrogens (tertiary/aromatic N) is 4. The van der Waals surface area contributed by atoms with E-state index in [0.717, 1.165) is 35.4 Å². The minimum absolute atomic E-state index is 0.355. The molecule has 2 N–H and O–H groups in total. The van der Waals surface area contributed by atoms with Gasteiger partial charge in [-0.3, -0.25) is 9.67 Å². The van der Waals surface area contributed by atoms with Gasteiger partial charge in [0.2, 0.25) is 10.0 Å². The number of sulfonamides is 1. The van der Waals surface area contributed by atoms with Crippen molar-refractivity contribution in [1.29, 1.82) is 0 Å². The normalized spacial score (nSPS) is 15.7. The molecule has 29 heavy (non-hydrogen) atoms. The molecule has 0 radical (unpaired) electrons. The molecule has 0 saturated carbocycles. The third-order valence-corrected chi connectivity index (χ3v) is 7.31. The first-order valence-electron chi connectivity index (χ1n) is 9.85. The van der Waals surface area contributed by atoms with Crippen LogP contribution in [0.25, 0.3) is 0 Å². The summed E-state index contributed by atoms with van der Waals surface area (Å²) in [4.78, 5) is 4.61. The monoisotopic (exact) mass is 418 g/mol. The fraction of sp³-hybridized carbons (Fsp3) is 0.500. The van der Waals surface area contributed by atoms with Gasteiger partial charge in [0.25, 0.3) is 0 Å². The average molecular weight is 419 g/mol. The highest BCUT2D eigenvalue weighted by Crippen LogP contribution is 2.21. The first kappa shape index (κ1) is 21.3. The molecule has 1 aromatic heterocycles. The van der Waals surface area contributed by atoms with E-state index in [1.54, 1.807) is 23.5 Å². The minimum atomic E-state index is -3.37. The molecule has 0 atom stereocenters. The lowest BCUT2D eigenvalue weighted by molar-refractivity contribution is 0.477. The molecular weight excluding hydrogens is 388 g/mol. The molecule has 1 aromatic carbocycles. The zero-order valence-corrected chi connectivity index (χ0v) is 18.4. The average Bonchev–Trinajstić information content (AvgIpc) is 3.33. The number of guanidine groups is 1. The van der Waals surface area contributed by atoms with Crippen molar-refractivity contribution in [2.45, 2.75) is 44.7 Å². The van der Waals surface area contributed by atoms with Gasteiger partial charge in [0.1, 0.15) is 0 Å². The maximum atomic E-state index is 12.6. The van der Waals surface area contributed by atoms with Crippen LogP contribution in [-0.4, -0.2) is 48.6 Å². The van der Waals surface area contributed by atoms with Crippen LogP contribution < -0.4 is 10.6 Å². The van der Waals surface area contributed by atoms with Gasteiger partial charge in [-0.05, 0) is 44.4 Å². The van der Waals surface area contributed by atoms with E-state index in [1.165, 1.54) is 0 Å². The second-order valence-electron chi connectivity index (χ2n) is 7.31. The van der Waals surface area contributed by atoms with Crippen LogP contribution in [0.3, 0.4) is 0 Å². The lowest BCUT2D eigenvalue weighted by Crippen LogP contribution is -2.36. The number of aryl methyl sites for hydroxylation is 2. The van der Waals surface area contributed by atoms with Crippen LogP contribution in [0.15, 0.2) is 34.2 Å². The Kier molecular flexibility index (Phi) is 6.59. The van der Waals surface area contributed by atoms with E-state index in [4.69, 9.17) is 0 Å². The number of rotatable bonds is 6. The van der Waals surface area contributed by atoms with Crippen molar-refractivity contribution in [3.63, 3.8) is 0 Å². The molecule has 1 fully saturated rings. The molecule has 0 amide bonds. The van der Waals surface area contributed by atoms with Crippen molar-refractivity contribution in [2.75, 3.05) is 20.1 Å². The molecule has 0 aliphatic carbocycles. The number of hydrogen-bond donors (Lipinski definition) is 2. The van der Waals surface area contributed by atoms with Crippen molar-refractivity contribution >= 4 is 16.0 Å². The Bertz CT molecular complexity index is 973. The smallest absolute Gasteiger partial charge is 0.243 e. The molecule has 1 aliphatic rings. The molecule has 0 bridgehead atoms. The Hall–Kier alpha value is -2.39. The fourth-order valence-corrected chi connectivity index (χ4v) is 5.03. The van der Waals surface area contributed by atoms with Crippen LogP contribution >= 0.6 is 0 Å². The predicted molar refractivity (Wildman–Crippen MR) is 114 cm³/mol. The lowest BCUT2D eigenvalue weighted by Gasteiger charge is -2.16. The Morgan fingerprint density at radius 3 is 2.28 bits per heavy atom. The van der Waals surface area contributed by atoms with Crippen molar-refractivity contribution in [2.24, 2.45) is 12.0 Å². The largest absolute Gasteiger partial charge is 0.352 e. The molecular formula is C20H30N6O2S. The van der Waals surface area contributed by atoms with E-state index in [0.29, 0.717) is 37.0 Å². The van der Waals surface area contributed by atoms with Gasteiger partial charge >= 0.3 is 0 Å². The molecule has 2 heterocycles. The molecule has 3 rings (SSSR count). The van der Waals surface area contributed by atoms with Crippen molar-refractivity contribution in [3.05, 3.63) is 46.8 Å². The number of benzene rings is 1. The van der Waals surface area contributed by atoms with Crippen LogP contribution in [0.4, 0.5) is 0 Å². The van der Waals surface area contributed by atoms with E-state index in [2.05, 4.69) is 20.7 Å². The molecule has 1 aliphatic heterocycles. The maximum Gasteiger partial charge on any atom is 0.243 e. The quantitative estimate of drug-likeness (QED) is 0.550. The first-order chi connectivity index (χ1) is 13.8. The third-order valence-electron chi connectivity index (χ3n) is 5.40. The highest BCUT2D eigenvalue weighted by molar-refractivity contribution is 7.89. The molecule has 9 heteroatoms. The van der Waals surface area contributed by atoms with Gasteiger partial charge in [0.05, 0.1) is 10.6 Å². The van der Waals surface area contributed by atoms with Crippen LogP contribution in [0.1, 0.15) is 35.4 Å². The third kappa shape index (κ3) is 4.79. The lowest BCUT2D eigenvalue weighted by atomic mass is 10.2. The zero-order valence-electron chi connectivity index (χ0n) is 17.6. The summed E-state index contributed by atoms with van der Waals surface area (Å²) < 4.78 is 28.7. The standard InChI is InChI=1S/C20H30N6O2S/c1-15-19(16(2)25(4)24-15)14-23-20(21-3)22-13-17-7-9-18(10-8-17)29(27,28)26-11-5-6-12-26/h7-10H,5-6,11-14H2,1-4H3,(H2,21,22,23). The Balaban J connectivity index is 1.57. The summed E-state index contributed by atoms with van der Waals surface area (Å²) in [6.07, 6.45) is 1.87. The van der Waals surface area contributed by atoms with Gasteiger partial charge in [0.15, 0.2) is 5.96 Å². The van der Waals surface area contributed by atoms with E-state index >= 15 is 0 Å². The van der Waals surface area contributed by atoms with E-state index in [1.807, 2.05) is 37.7 Å². The summed E-state index contributed by atoms with van der Waals surface area (Å²) in [5, 5.41) is 11.0. The topological polar surface area (TPSA) is 91.6 Å². The van der Waals surface area contributed by atoms with E-state index in [9.17, 15) is 8.42 Å². The highest BCUT2D eigenvalue weighted by Gasteiger charge is 2.26. The molecule has 158 valence electrons. The fourth-order valence-electron chi connectivity index (χ4n) is 3.51. The number of aliphatic imine (C=N–C) groups is 1. The van der Waals surface area contributed by atoms with Gasteiger partial charge in [0, 0.05) is 51.5 Å². The molecule has 2 aromatic rings. The number of nitrogens with one attached hydrogen (secondary N) is 2. The second kappa shape index (κ2) is 8.96. The van der Waals surface area contributed by atoms with Crippen LogP contribution in [0, 0.1) is 13.8 Å². The van der Waals surface area contributed by atoms with Crippen LogP contribution in [0.2, 0.25) is 0 Å². The van der Waals surface area contributed by atoms with Crippen molar-refractivity contribution in [1.82, 2.24) is 24.7 Å². The molecule has 8 nitrogen and oxygen atoms in total. The molecule has 0 unspecified atom stereocenters. The Labute approximate surface area is 173 Å². The van der Waals surface area contributed by atoms with E-state index < -0.39 is 10.0 Å². The summed E-state index contributed by atoms with van der Waals surface area (Å²) in [7, 11) is 0.295. The van der Waals surface area contributed by atoms with Crippen molar-refractivity contribution in [3.8, 4) is 0 Å². The minimum Gasteiger partial charge on any atom is -0.352 e. The number of hydrogen-bond acceptors (Lipinski definition) is 4. The molecule has 1 saturated heterocycles. The molecule has 0 spiro atoms. The van der Waals surface area contributed by atoms with Gasteiger partial charge in [-0.25, -0.2) is 8.42 Å². The summed E-state index contributed by atoms with van der Waals surface area (Å²) in [6.45, 7) is 6.46. The van der Waals surface area contributed by atoms with Gasteiger partial charge in [-0.1, -0.05) is 12.1 Å². The highest BCUT2D eigenvalue weighted by atomic mass is 32.2. The summed E-state index contributed by atoms with van der Waals surface area (Å²) >= 11 is 0. The van der Waals surface area contributed by atoms with Crippen LogP contribution in [0.5, 0.6) is 0 Å². The summed E-state index contributed by atoms with van der Waals surface area (Å²) in [5.41, 5.74) is 4.27.